The van der Waals surface area contributed by atoms with E-state index in [9.17, 15) is 4.79 Å². The average molecular weight is 295 g/mol. The van der Waals surface area contributed by atoms with Gasteiger partial charge in [0.2, 0.25) is 5.91 Å². The Morgan fingerprint density at radius 1 is 1.10 bits per heavy atom. The molecular weight excluding hydrogens is 270 g/mol. The Morgan fingerprint density at radius 3 is 2.05 bits per heavy atom. The van der Waals surface area contributed by atoms with E-state index < -0.39 is 0 Å². The fourth-order valence-corrected chi connectivity index (χ4v) is 2.76. The lowest BCUT2D eigenvalue weighted by atomic mass is 10.1. The van der Waals surface area contributed by atoms with Crippen molar-refractivity contribution in [2.24, 2.45) is 11.8 Å². The van der Waals surface area contributed by atoms with Crippen molar-refractivity contribution in [1.82, 2.24) is 14.9 Å². The van der Waals surface area contributed by atoms with Gasteiger partial charge in [-0.05, 0) is 24.8 Å². The van der Waals surface area contributed by atoms with Crippen LogP contribution >= 0.6 is 11.8 Å². The molecule has 1 aromatic heterocycles. The van der Waals surface area contributed by atoms with E-state index in [1.54, 1.807) is 18.5 Å². The van der Waals surface area contributed by atoms with Crippen molar-refractivity contribution in [1.29, 1.82) is 0 Å². The molecule has 0 bridgehead atoms. The van der Waals surface area contributed by atoms with Crippen molar-refractivity contribution < 1.29 is 4.79 Å². The first-order valence-corrected chi connectivity index (χ1v) is 8.00. The van der Waals surface area contributed by atoms with Gasteiger partial charge in [-0.15, -0.1) is 0 Å². The van der Waals surface area contributed by atoms with E-state index in [2.05, 4.69) is 37.7 Å². The Bertz CT molecular complexity index is 399. The maximum atomic E-state index is 12.6. The molecule has 0 aliphatic rings. The summed E-state index contributed by atoms with van der Waals surface area (Å²) in [4.78, 5) is 22.9. The van der Waals surface area contributed by atoms with E-state index in [1.807, 2.05) is 11.8 Å². The van der Waals surface area contributed by atoms with Crippen LogP contribution < -0.4 is 0 Å². The van der Waals surface area contributed by atoms with Crippen molar-refractivity contribution in [3.05, 3.63) is 18.5 Å². The number of carbonyl (C=O) groups excluding carboxylic acids is 1. The third kappa shape index (κ3) is 5.90. The number of rotatable bonds is 7. The van der Waals surface area contributed by atoms with E-state index in [0.29, 0.717) is 17.0 Å². The fraction of sp³-hybridized carbons (Fsp3) is 0.667. The molecule has 0 saturated heterocycles. The van der Waals surface area contributed by atoms with Gasteiger partial charge in [0.1, 0.15) is 0 Å². The predicted octanol–water partition coefficient (Wildman–Crippen LogP) is 3.10. The van der Waals surface area contributed by atoms with E-state index in [0.717, 1.165) is 13.1 Å². The molecule has 1 unspecified atom stereocenters. The van der Waals surface area contributed by atoms with Gasteiger partial charge in [0.25, 0.3) is 0 Å². The van der Waals surface area contributed by atoms with Crippen LogP contribution in [0.1, 0.15) is 34.6 Å². The maximum Gasteiger partial charge on any atom is 0.235 e. The summed E-state index contributed by atoms with van der Waals surface area (Å²) in [5.41, 5.74) is 0. The molecule has 1 amide bonds. The van der Waals surface area contributed by atoms with Gasteiger partial charge in [0, 0.05) is 25.5 Å². The zero-order valence-corrected chi connectivity index (χ0v) is 13.9. The number of hydrogen-bond donors (Lipinski definition) is 0. The molecular formula is C15H25N3OS. The molecule has 0 spiro atoms. The summed E-state index contributed by atoms with van der Waals surface area (Å²) in [6.07, 6.45) is 3.40. The SMILES string of the molecule is CC(C)CN(CC(C)C)C(=O)C(C)Sc1ncccn1. The number of thioether (sulfide) groups is 1. The van der Waals surface area contributed by atoms with Crippen molar-refractivity contribution in [3.63, 3.8) is 0 Å². The molecule has 0 fully saturated rings. The van der Waals surface area contributed by atoms with Gasteiger partial charge in [-0.2, -0.15) is 0 Å². The fourth-order valence-electron chi connectivity index (χ4n) is 1.95. The van der Waals surface area contributed by atoms with Gasteiger partial charge in [0.05, 0.1) is 5.25 Å². The molecule has 0 N–H and O–H groups in total. The minimum absolute atomic E-state index is 0.158. The van der Waals surface area contributed by atoms with Crippen LogP contribution in [0.5, 0.6) is 0 Å². The first kappa shape index (κ1) is 17.0. The summed E-state index contributed by atoms with van der Waals surface area (Å²) in [7, 11) is 0. The Hall–Kier alpha value is -1.10. The van der Waals surface area contributed by atoms with Crippen LogP contribution in [0.4, 0.5) is 0 Å². The third-order valence-electron chi connectivity index (χ3n) is 2.65. The predicted molar refractivity (Wildman–Crippen MR) is 83.6 cm³/mol. The summed E-state index contributed by atoms with van der Waals surface area (Å²) >= 11 is 1.42. The van der Waals surface area contributed by atoms with Crippen LogP contribution in [0.15, 0.2) is 23.6 Å². The molecule has 0 saturated carbocycles. The molecule has 0 radical (unpaired) electrons. The topological polar surface area (TPSA) is 46.1 Å². The smallest absolute Gasteiger partial charge is 0.235 e. The van der Waals surface area contributed by atoms with Crippen molar-refractivity contribution in [2.75, 3.05) is 13.1 Å². The van der Waals surface area contributed by atoms with Gasteiger partial charge in [-0.1, -0.05) is 39.5 Å². The number of amides is 1. The van der Waals surface area contributed by atoms with Crippen molar-refractivity contribution >= 4 is 17.7 Å². The third-order valence-corrected chi connectivity index (χ3v) is 3.63. The van der Waals surface area contributed by atoms with E-state index in [4.69, 9.17) is 0 Å². The van der Waals surface area contributed by atoms with Crippen LogP contribution in [-0.2, 0) is 4.79 Å². The normalized spacial score (nSPS) is 12.8. The maximum absolute atomic E-state index is 12.6. The highest BCUT2D eigenvalue weighted by atomic mass is 32.2. The average Bonchev–Trinajstić information content (AvgIpc) is 2.37. The molecule has 5 heteroatoms. The molecule has 4 nitrogen and oxygen atoms in total. The minimum atomic E-state index is -0.158. The lowest BCUT2D eigenvalue weighted by Crippen LogP contribution is -2.41. The van der Waals surface area contributed by atoms with E-state index in [1.165, 1.54) is 11.8 Å². The highest BCUT2D eigenvalue weighted by Gasteiger charge is 2.23. The number of carbonyl (C=O) groups is 1. The second-order valence-electron chi connectivity index (χ2n) is 5.82. The summed E-state index contributed by atoms with van der Waals surface area (Å²) in [6.45, 7) is 12.1. The quantitative estimate of drug-likeness (QED) is 0.573. The summed E-state index contributed by atoms with van der Waals surface area (Å²) in [6, 6.07) is 1.78. The zero-order valence-electron chi connectivity index (χ0n) is 13.0. The molecule has 1 rings (SSSR count). The highest BCUT2D eigenvalue weighted by molar-refractivity contribution is 8.00. The molecule has 1 aromatic rings. The monoisotopic (exact) mass is 295 g/mol. The van der Waals surface area contributed by atoms with Crippen LogP contribution in [0.25, 0.3) is 0 Å². The van der Waals surface area contributed by atoms with Crippen LogP contribution in [0.2, 0.25) is 0 Å². The van der Waals surface area contributed by atoms with Crippen LogP contribution in [0.3, 0.4) is 0 Å². The number of nitrogens with zero attached hydrogens (tertiary/aromatic N) is 3. The van der Waals surface area contributed by atoms with Gasteiger partial charge >= 0.3 is 0 Å². The molecule has 112 valence electrons. The van der Waals surface area contributed by atoms with Gasteiger partial charge < -0.3 is 4.90 Å². The molecule has 20 heavy (non-hydrogen) atoms. The second-order valence-corrected chi connectivity index (χ2v) is 7.13. The lowest BCUT2D eigenvalue weighted by Gasteiger charge is -2.28. The minimum Gasteiger partial charge on any atom is -0.341 e. The lowest BCUT2D eigenvalue weighted by molar-refractivity contribution is -0.131. The summed E-state index contributed by atoms with van der Waals surface area (Å²) in [5, 5.41) is 0.497. The standard InChI is InChI=1S/C15H25N3OS/c1-11(2)9-18(10-12(3)4)14(19)13(5)20-15-16-7-6-8-17-15/h6-8,11-13H,9-10H2,1-5H3. The van der Waals surface area contributed by atoms with Gasteiger partial charge in [-0.3, -0.25) is 4.79 Å². The van der Waals surface area contributed by atoms with Gasteiger partial charge in [-0.25, -0.2) is 9.97 Å². The molecule has 0 aliphatic carbocycles. The van der Waals surface area contributed by atoms with Crippen molar-refractivity contribution in [3.8, 4) is 0 Å². The largest absolute Gasteiger partial charge is 0.341 e. The second kappa shape index (κ2) is 8.25. The Kier molecular flexibility index (Phi) is 6.99. The first-order chi connectivity index (χ1) is 9.40. The Labute approximate surface area is 126 Å². The molecule has 0 aliphatic heterocycles. The summed E-state index contributed by atoms with van der Waals surface area (Å²) < 4.78 is 0. The molecule has 0 aromatic carbocycles. The molecule has 1 atom stereocenters. The van der Waals surface area contributed by atoms with E-state index in [-0.39, 0.29) is 11.2 Å². The van der Waals surface area contributed by atoms with E-state index >= 15 is 0 Å². The first-order valence-electron chi connectivity index (χ1n) is 7.12. The van der Waals surface area contributed by atoms with Gasteiger partial charge in [0.15, 0.2) is 5.16 Å². The number of hydrogen-bond acceptors (Lipinski definition) is 4. The summed E-state index contributed by atoms with van der Waals surface area (Å²) in [5.74, 6) is 1.12. The Balaban J connectivity index is 2.67. The Morgan fingerprint density at radius 2 is 1.60 bits per heavy atom. The van der Waals surface area contributed by atoms with Crippen LogP contribution in [-0.4, -0.2) is 39.1 Å². The highest BCUT2D eigenvalue weighted by Crippen LogP contribution is 2.21. The molecule has 1 heterocycles. The van der Waals surface area contributed by atoms with Crippen LogP contribution in [0, 0.1) is 11.8 Å². The number of aromatic nitrogens is 2. The van der Waals surface area contributed by atoms with Crippen molar-refractivity contribution in [2.45, 2.75) is 45.0 Å². The zero-order chi connectivity index (χ0) is 15.1.